The summed E-state index contributed by atoms with van der Waals surface area (Å²) in [6.07, 6.45) is 4.63. The molecule has 4 heteroatoms. The summed E-state index contributed by atoms with van der Waals surface area (Å²) in [7, 11) is 0. The van der Waals surface area contributed by atoms with Gasteiger partial charge >= 0.3 is 0 Å². The first-order valence-corrected chi connectivity index (χ1v) is 5.84. The van der Waals surface area contributed by atoms with Gasteiger partial charge in [0.1, 0.15) is 0 Å². The van der Waals surface area contributed by atoms with Crippen molar-refractivity contribution in [1.82, 2.24) is 10.1 Å². The van der Waals surface area contributed by atoms with Crippen LogP contribution in [-0.2, 0) is 0 Å². The van der Waals surface area contributed by atoms with Crippen LogP contribution < -0.4 is 0 Å². The van der Waals surface area contributed by atoms with Gasteiger partial charge < -0.3 is 4.52 Å². The molecule has 0 fully saturated rings. The largest absolute Gasteiger partial charge is 0.338 e. The third kappa shape index (κ3) is 3.25. The molecule has 0 aliphatic heterocycles. The van der Waals surface area contributed by atoms with E-state index in [4.69, 9.17) is 4.52 Å². The van der Waals surface area contributed by atoms with Crippen LogP contribution in [0.3, 0.4) is 0 Å². The van der Waals surface area contributed by atoms with Gasteiger partial charge in [-0.1, -0.05) is 31.8 Å². The fraction of sp³-hybridized carbons (Fsp3) is 0.778. The van der Waals surface area contributed by atoms with Crippen LogP contribution in [0.2, 0.25) is 0 Å². The standard InChI is InChI=1S/C9H15IN2O/c1-3-5-7(6-4-2)8-11-9(10)12-13-8/h7H,3-6H2,1-2H3. The van der Waals surface area contributed by atoms with Crippen molar-refractivity contribution in [3.05, 3.63) is 9.72 Å². The topological polar surface area (TPSA) is 38.9 Å². The minimum absolute atomic E-state index is 0.464. The van der Waals surface area contributed by atoms with Crippen LogP contribution in [-0.4, -0.2) is 10.1 Å². The Kier molecular flexibility index (Phi) is 4.69. The molecule has 0 saturated carbocycles. The number of hydrogen-bond acceptors (Lipinski definition) is 3. The zero-order valence-corrected chi connectivity index (χ0v) is 10.2. The molecule has 0 radical (unpaired) electrons. The molecule has 0 saturated heterocycles. The van der Waals surface area contributed by atoms with Gasteiger partial charge in [-0.25, -0.2) is 0 Å². The minimum atomic E-state index is 0.464. The lowest BCUT2D eigenvalue weighted by atomic mass is 9.98. The average Bonchev–Trinajstić information content (AvgIpc) is 2.51. The number of rotatable bonds is 5. The van der Waals surface area contributed by atoms with Gasteiger partial charge in [0, 0.05) is 28.5 Å². The summed E-state index contributed by atoms with van der Waals surface area (Å²) < 4.78 is 5.88. The molecule has 1 heterocycles. The molecule has 0 aliphatic rings. The maximum atomic E-state index is 5.16. The summed E-state index contributed by atoms with van der Waals surface area (Å²) in [5, 5.41) is 3.80. The van der Waals surface area contributed by atoms with Crippen molar-refractivity contribution in [1.29, 1.82) is 0 Å². The van der Waals surface area contributed by atoms with Crippen molar-refractivity contribution >= 4 is 22.6 Å². The normalized spacial score (nSPS) is 11.1. The second-order valence-corrected chi connectivity index (χ2v) is 4.14. The van der Waals surface area contributed by atoms with Gasteiger partial charge in [-0.05, 0) is 12.8 Å². The van der Waals surface area contributed by atoms with Crippen LogP contribution in [0.25, 0.3) is 0 Å². The van der Waals surface area contributed by atoms with Crippen molar-refractivity contribution in [2.24, 2.45) is 0 Å². The highest BCUT2D eigenvalue weighted by molar-refractivity contribution is 14.1. The second kappa shape index (κ2) is 5.57. The Bertz CT molecular complexity index is 244. The zero-order chi connectivity index (χ0) is 9.68. The molecule has 0 aliphatic carbocycles. The molecule has 3 nitrogen and oxygen atoms in total. The lowest BCUT2D eigenvalue weighted by Gasteiger charge is -2.08. The van der Waals surface area contributed by atoms with Crippen molar-refractivity contribution in [2.75, 3.05) is 0 Å². The molecule has 1 rings (SSSR count). The molecule has 0 N–H and O–H groups in total. The van der Waals surface area contributed by atoms with E-state index in [1.54, 1.807) is 0 Å². The van der Waals surface area contributed by atoms with E-state index in [-0.39, 0.29) is 0 Å². The maximum absolute atomic E-state index is 5.16. The van der Waals surface area contributed by atoms with Crippen molar-refractivity contribution in [3.63, 3.8) is 0 Å². The highest BCUT2D eigenvalue weighted by atomic mass is 127. The van der Waals surface area contributed by atoms with E-state index in [0.29, 0.717) is 9.75 Å². The summed E-state index contributed by atoms with van der Waals surface area (Å²) in [6, 6.07) is 0. The molecule has 1 aromatic rings. The second-order valence-electron chi connectivity index (χ2n) is 3.18. The van der Waals surface area contributed by atoms with E-state index in [1.165, 1.54) is 12.8 Å². The molecule has 0 bridgehead atoms. The van der Waals surface area contributed by atoms with Crippen LogP contribution in [0.1, 0.15) is 51.3 Å². The predicted octanol–water partition coefficient (Wildman–Crippen LogP) is 3.36. The van der Waals surface area contributed by atoms with Crippen LogP contribution in [0.15, 0.2) is 4.52 Å². The van der Waals surface area contributed by atoms with E-state index >= 15 is 0 Å². The van der Waals surface area contributed by atoms with Gasteiger partial charge in [0.2, 0.25) is 9.72 Å². The van der Waals surface area contributed by atoms with Crippen LogP contribution in [0, 0.1) is 3.83 Å². The Hall–Kier alpha value is -0.130. The molecule has 74 valence electrons. The Morgan fingerprint density at radius 1 is 1.31 bits per heavy atom. The van der Waals surface area contributed by atoms with Crippen LogP contribution in [0.5, 0.6) is 0 Å². The van der Waals surface area contributed by atoms with E-state index in [9.17, 15) is 0 Å². The Morgan fingerprint density at radius 3 is 2.31 bits per heavy atom. The summed E-state index contributed by atoms with van der Waals surface area (Å²) in [4.78, 5) is 4.26. The number of aromatic nitrogens is 2. The van der Waals surface area contributed by atoms with Gasteiger partial charge in [0.25, 0.3) is 0 Å². The summed E-state index contributed by atoms with van der Waals surface area (Å²) in [6.45, 7) is 4.37. The third-order valence-corrected chi connectivity index (χ3v) is 2.48. The predicted molar refractivity (Wildman–Crippen MR) is 59.6 cm³/mol. The molecular formula is C9H15IN2O. The monoisotopic (exact) mass is 294 g/mol. The lowest BCUT2D eigenvalue weighted by molar-refractivity contribution is 0.334. The van der Waals surface area contributed by atoms with Crippen molar-refractivity contribution in [2.45, 2.75) is 45.4 Å². The van der Waals surface area contributed by atoms with Gasteiger partial charge in [-0.15, -0.1) is 0 Å². The smallest absolute Gasteiger partial charge is 0.232 e. The Morgan fingerprint density at radius 2 is 1.92 bits per heavy atom. The molecule has 0 atom stereocenters. The summed E-state index contributed by atoms with van der Waals surface area (Å²) in [5.41, 5.74) is 0. The number of hydrogen-bond donors (Lipinski definition) is 0. The Balaban J connectivity index is 2.63. The SMILES string of the molecule is CCCC(CCC)c1nc(I)no1. The quantitative estimate of drug-likeness (QED) is 0.782. The zero-order valence-electron chi connectivity index (χ0n) is 8.09. The molecule has 0 unspecified atom stereocenters. The molecule has 0 aromatic carbocycles. The first kappa shape index (κ1) is 10.9. The highest BCUT2D eigenvalue weighted by Crippen LogP contribution is 2.24. The Labute approximate surface area is 92.4 Å². The average molecular weight is 294 g/mol. The van der Waals surface area contributed by atoms with E-state index in [0.717, 1.165) is 18.7 Å². The van der Waals surface area contributed by atoms with Crippen molar-refractivity contribution in [3.8, 4) is 0 Å². The number of nitrogens with zero attached hydrogens (tertiary/aromatic N) is 2. The maximum Gasteiger partial charge on any atom is 0.232 e. The minimum Gasteiger partial charge on any atom is -0.338 e. The summed E-state index contributed by atoms with van der Waals surface area (Å²) in [5.74, 6) is 1.28. The first-order valence-electron chi connectivity index (χ1n) is 4.77. The van der Waals surface area contributed by atoms with Crippen LogP contribution in [0.4, 0.5) is 0 Å². The molecular weight excluding hydrogens is 279 g/mol. The fourth-order valence-corrected chi connectivity index (χ4v) is 1.81. The fourth-order valence-electron chi connectivity index (χ4n) is 1.47. The van der Waals surface area contributed by atoms with E-state index in [2.05, 4.69) is 46.6 Å². The lowest BCUT2D eigenvalue weighted by Crippen LogP contribution is -1.98. The van der Waals surface area contributed by atoms with Crippen LogP contribution >= 0.6 is 22.6 Å². The highest BCUT2D eigenvalue weighted by Gasteiger charge is 2.16. The van der Waals surface area contributed by atoms with Gasteiger partial charge in [0.05, 0.1) is 0 Å². The van der Waals surface area contributed by atoms with Gasteiger partial charge in [-0.2, -0.15) is 4.98 Å². The van der Waals surface area contributed by atoms with E-state index < -0.39 is 0 Å². The molecule has 1 aromatic heterocycles. The molecule has 0 amide bonds. The third-order valence-electron chi connectivity index (χ3n) is 2.04. The molecule has 0 spiro atoms. The van der Waals surface area contributed by atoms with E-state index in [1.807, 2.05) is 0 Å². The van der Waals surface area contributed by atoms with Crippen molar-refractivity contribution < 1.29 is 4.52 Å². The first-order chi connectivity index (χ1) is 6.27. The van der Waals surface area contributed by atoms with Gasteiger partial charge in [-0.3, -0.25) is 0 Å². The van der Waals surface area contributed by atoms with Gasteiger partial charge in [0.15, 0.2) is 0 Å². The summed E-state index contributed by atoms with van der Waals surface area (Å²) >= 11 is 2.07. The molecule has 13 heavy (non-hydrogen) atoms. The number of halogens is 1.